The van der Waals surface area contributed by atoms with E-state index in [-0.39, 0.29) is 0 Å². The number of benzene rings is 1. The van der Waals surface area contributed by atoms with Gasteiger partial charge in [-0.1, -0.05) is 0 Å². The molecule has 0 radical (unpaired) electrons. The largest absolute Gasteiger partial charge is 0.497 e. The van der Waals surface area contributed by atoms with Crippen molar-refractivity contribution in [2.24, 2.45) is 5.73 Å². The number of aryl methyl sites for hydroxylation is 1. The average molecular weight is 194 g/mol. The average Bonchev–Trinajstić information content (AvgIpc) is 2.21. The van der Waals surface area contributed by atoms with E-state index in [4.69, 9.17) is 16.2 Å². The normalized spacial score (nSPS) is 10.1. The predicted octanol–water partition coefficient (Wildman–Crippen LogP) is 1.56. The van der Waals surface area contributed by atoms with E-state index in [0.717, 1.165) is 42.8 Å². The summed E-state index contributed by atoms with van der Waals surface area (Å²) in [5, 5.41) is 0. The number of unbranched alkanes of at least 4 members (excludes halogenated alkanes) is 1. The van der Waals surface area contributed by atoms with E-state index in [1.54, 1.807) is 7.11 Å². The Hall–Kier alpha value is -1.22. The predicted molar refractivity (Wildman–Crippen MR) is 59.4 cm³/mol. The van der Waals surface area contributed by atoms with Crippen molar-refractivity contribution in [2.45, 2.75) is 19.3 Å². The highest BCUT2D eigenvalue weighted by molar-refractivity contribution is 5.50. The molecule has 4 N–H and O–H groups in total. The molecule has 0 atom stereocenters. The molecule has 0 amide bonds. The lowest BCUT2D eigenvalue weighted by atomic mass is 10.1. The summed E-state index contributed by atoms with van der Waals surface area (Å²) in [7, 11) is 1.66. The Balaban J connectivity index is 2.64. The number of rotatable bonds is 5. The molecule has 0 bridgehead atoms. The number of methoxy groups -OCH3 is 1. The third-order valence-corrected chi connectivity index (χ3v) is 2.25. The van der Waals surface area contributed by atoms with Gasteiger partial charge in [-0.05, 0) is 49.6 Å². The van der Waals surface area contributed by atoms with Crippen LogP contribution in [0.15, 0.2) is 18.2 Å². The van der Waals surface area contributed by atoms with Gasteiger partial charge < -0.3 is 16.2 Å². The van der Waals surface area contributed by atoms with Gasteiger partial charge in [-0.3, -0.25) is 0 Å². The van der Waals surface area contributed by atoms with Crippen LogP contribution in [0, 0.1) is 0 Å². The second kappa shape index (κ2) is 5.50. The highest BCUT2D eigenvalue weighted by atomic mass is 16.5. The van der Waals surface area contributed by atoms with Gasteiger partial charge in [0.1, 0.15) is 5.75 Å². The van der Waals surface area contributed by atoms with Crippen molar-refractivity contribution in [3.05, 3.63) is 23.8 Å². The summed E-state index contributed by atoms with van der Waals surface area (Å²) >= 11 is 0. The minimum Gasteiger partial charge on any atom is -0.497 e. The monoisotopic (exact) mass is 194 g/mol. The Bertz CT molecular complexity index is 287. The maximum atomic E-state index is 5.84. The van der Waals surface area contributed by atoms with Gasteiger partial charge in [-0.15, -0.1) is 0 Å². The lowest BCUT2D eigenvalue weighted by molar-refractivity contribution is 0.414. The van der Waals surface area contributed by atoms with E-state index in [9.17, 15) is 0 Å². The molecule has 0 aliphatic carbocycles. The second-order valence-corrected chi connectivity index (χ2v) is 3.31. The molecular weight excluding hydrogens is 176 g/mol. The molecule has 78 valence electrons. The molecule has 14 heavy (non-hydrogen) atoms. The van der Waals surface area contributed by atoms with E-state index in [0.29, 0.717) is 0 Å². The van der Waals surface area contributed by atoms with Gasteiger partial charge in [0.05, 0.1) is 7.11 Å². The van der Waals surface area contributed by atoms with Crippen LogP contribution in [0.1, 0.15) is 18.4 Å². The Morgan fingerprint density at radius 1 is 1.29 bits per heavy atom. The van der Waals surface area contributed by atoms with Crippen molar-refractivity contribution < 1.29 is 4.74 Å². The molecule has 0 aliphatic rings. The lowest BCUT2D eigenvalue weighted by Crippen LogP contribution is -2.00. The zero-order valence-electron chi connectivity index (χ0n) is 8.62. The molecule has 3 nitrogen and oxygen atoms in total. The molecule has 0 spiro atoms. The molecular formula is C11H18N2O. The summed E-state index contributed by atoms with van der Waals surface area (Å²) in [6, 6.07) is 5.75. The minimum atomic E-state index is 0.740. The number of nitrogens with two attached hydrogens (primary N) is 2. The Kier molecular flexibility index (Phi) is 4.26. The molecule has 0 heterocycles. The second-order valence-electron chi connectivity index (χ2n) is 3.31. The van der Waals surface area contributed by atoms with Crippen molar-refractivity contribution in [2.75, 3.05) is 19.4 Å². The highest BCUT2D eigenvalue weighted by Gasteiger charge is 2.00. The van der Waals surface area contributed by atoms with Crippen LogP contribution in [0.5, 0.6) is 5.75 Å². The van der Waals surface area contributed by atoms with Gasteiger partial charge in [0, 0.05) is 5.69 Å². The summed E-state index contributed by atoms with van der Waals surface area (Å²) < 4.78 is 5.14. The summed E-state index contributed by atoms with van der Waals surface area (Å²) in [6.07, 6.45) is 3.09. The third-order valence-electron chi connectivity index (χ3n) is 2.25. The number of nitrogen functional groups attached to an aromatic ring is 1. The number of hydrogen-bond acceptors (Lipinski definition) is 3. The van der Waals surface area contributed by atoms with Crippen molar-refractivity contribution >= 4 is 5.69 Å². The van der Waals surface area contributed by atoms with Crippen molar-refractivity contribution in [3.8, 4) is 5.75 Å². The van der Waals surface area contributed by atoms with Crippen molar-refractivity contribution in [1.29, 1.82) is 0 Å². The van der Waals surface area contributed by atoms with Crippen molar-refractivity contribution in [1.82, 2.24) is 0 Å². The maximum absolute atomic E-state index is 5.84. The van der Waals surface area contributed by atoms with Gasteiger partial charge >= 0.3 is 0 Å². The van der Waals surface area contributed by atoms with Gasteiger partial charge in [0.2, 0.25) is 0 Å². The molecule has 0 fully saturated rings. The maximum Gasteiger partial charge on any atom is 0.119 e. The Morgan fingerprint density at radius 3 is 2.71 bits per heavy atom. The van der Waals surface area contributed by atoms with E-state index >= 15 is 0 Å². The SMILES string of the molecule is COc1ccc(N)c(CCCCN)c1. The standard InChI is InChI=1S/C11H18N2O/c1-14-10-5-6-11(13)9(8-10)4-2-3-7-12/h5-6,8H,2-4,7,12-13H2,1H3. The summed E-state index contributed by atoms with van der Waals surface area (Å²) in [5.74, 6) is 0.863. The minimum absolute atomic E-state index is 0.740. The first-order chi connectivity index (χ1) is 6.77. The van der Waals surface area contributed by atoms with E-state index in [1.165, 1.54) is 0 Å². The number of hydrogen-bond donors (Lipinski definition) is 2. The zero-order valence-corrected chi connectivity index (χ0v) is 8.62. The van der Waals surface area contributed by atoms with Crippen molar-refractivity contribution in [3.63, 3.8) is 0 Å². The third kappa shape index (κ3) is 2.92. The topological polar surface area (TPSA) is 61.3 Å². The van der Waals surface area contributed by atoms with Crippen LogP contribution in [0.3, 0.4) is 0 Å². The molecule has 0 aromatic heterocycles. The molecule has 3 heteroatoms. The van der Waals surface area contributed by atoms with Crippen LogP contribution < -0.4 is 16.2 Å². The van der Waals surface area contributed by atoms with Gasteiger partial charge in [-0.2, -0.15) is 0 Å². The quantitative estimate of drug-likeness (QED) is 0.552. The smallest absolute Gasteiger partial charge is 0.119 e. The first-order valence-electron chi connectivity index (χ1n) is 4.90. The summed E-state index contributed by atoms with van der Waals surface area (Å²) in [6.45, 7) is 0.740. The number of anilines is 1. The van der Waals surface area contributed by atoms with E-state index in [2.05, 4.69) is 0 Å². The van der Waals surface area contributed by atoms with Crippen LogP contribution in [-0.4, -0.2) is 13.7 Å². The van der Waals surface area contributed by atoms with Crippen LogP contribution in [-0.2, 0) is 6.42 Å². The zero-order chi connectivity index (χ0) is 10.4. The first kappa shape index (κ1) is 10.9. The van der Waals surface area contributed by atoms with Crippen LogP contribution in [0.25, 0.3) is 0 Å². The molecule has 0 saturated heterocycles. The fraction of sp³-hybridized carbons (Fsp3) is 0.455. The van der Waals surface area contributed by atoms with Crippen LogP contribution in [0.2, 0.25) is 0 Å². The molecule has 1 aromatic carbocycles. The highest BCUT2D eigenvalue weighted by Crippen LogP contribution is 2.20. The molecule has 1 rings (SSSR count). The van der Waals surface area contributed by atoms with E-state index < -0.39 is 0 Å². The fourth-order valence-corrected chi connectivity index (χ4v) is 1.39. The molecule has 1 aromatic rings. The van der Waals surface area contributed by atoms with Gasteiger partial charge in [-0.25, -0.2) is 0 Å². The molecule has 0 unspecified atom stereocenters. The summed E-state index contributed by atoms with van der Waals surface area (Å²) in [4.78, 5) is 0. The molecule has 0 aliphatic heterocycles. The van der Waals surface area contributed by atoms with Crippen LogP contribution in [0.4, 0.5) is 5.69 Å². The first-order valence-corrected chi connectivity index (χ1v) is 4.90. The Labute approximate surface area is 85.0 Å². The Morgan fingerprint density at radius 2 is 2.07 bits per heavy atom. The summed E-state index contributed by atoms with van der Waals surface area (Å²) in [5.41, 5.74) is 13.3. The molecule has 0 saturated carbocycles. The fourth-order valence-electron chi connectivity index (χ4n) is 1.39. The van der Waals surface area contributed by atoms with E-state index in [1.807, 2.05) is 18.2 Å². The van der Waals surface area contributed by atoms with Crippen LogP contribution >= 0.6 is 0 Å². The van der Waals surface area contributed by atoms with Gasteiger partial charge in [0.25, 0.3) is 0 Å². The number of ether oxygens (including phenoxy) is 1. The lowest BCUT2D eigenvalue weighted by Gasteiger charge is -2.07. The van der Waals surface area contributed by atoms with Gasteiger partial charge in [0.15, 0.2) is 0 Å².